The Labute approximate surface area is 82.9 Å². The second-order valence-corrected chi connectivity index (χ2v) is 2.85. The molecule has 1 amide bonds. The fraction of sp³-hybridized carbons (Fsp3) is 0.750. The van der Waals surface area contributed by atoms with Crippen LogP contribution in [0.15, 0.2) is 0 Å². The number of amides is 1. The molecule has 0 aromatic rings. The summed E-state index contributed by atoms with van der Waals surface area (Å²) >= 11 is 0. The van der Waals surface area contributed by atoms with Gasteiger partial charge in [-0.15, -0.1) is 0 Å². The molecule has 0 rings (SSSR count). The summed E-state index contributed by atoms with van der Waals surface area (Å²) < 4.78 is 0. The molecule has 6 nitrogen and oxygen atoms in total. The number of carbonyl (C=O) groups excluding carboxylic acids is 1. The Balaban J connectivity index is 3.94. The number of hydrogen-bond donors (Lipinski definition) is 3. The number of rotatable bonds is 7. The summed E-state index contributed by atoms with van der Waals surface area (Å²) in [7, 11) is 0. The third-order valence-electron chi connectivity index (χ3n) is 1.70. The van der Waals surface area contributed by atoms with Gasteiger partial charge in [-0.25, -0.2) is 0 Å². The van der Waals surface area contributed by atoms with E-state index in [-0.39, 0.29) is 18.7 Å². The molecule has 0 spiro atoms. The van der Waals surface area contributed by atoms with Gasteiger partial charge in [0.15, 0.2) is 0 Å². The Morgan fingerprint density at radius 3 is 1.93 bits per heavy atom. The summed E-state index contributed by atoms with van der Waals surface area (Å²) in [5, 5.41) is 8.38. The van der Waals surface area contributed by atoms with Gasteiger partial charge in [0.25, 0.3) is 0 Å². The summed E-state index contributed by atoms with van der Waals surface area (Å²) in [6, 6.07) is 0. The van der Waals surface area contributed by atoms with Gasteiger partial charge >= 0.3 is 5.97 Å². The number of carbonyl (C=O) groups is 2. The van der Waals surface area contributed by atoms with Crippen molar-refractivity contribution in [3.63, 3.8) is 0 Å². The fourth-order valence-electron chi connectivity index (χ4n) is 1.04. The molecule has 14 heavy (non-hydrogen) atoms. The topological polar surface area (TPSA) is 110 Å². The Morgan fingerprint density at radius 2 is 1.57 bits per heavy atom. The van der Waals surface area contributed by atoms with Gasteiger partial charge < -0.3 is 21.5 Å². The molecule has 0 atom stereocenters. The molecule has 5 N–H and O–H groups in total. The zero-order chi connectivity index (χ0) is 11.0. The van der Waals surface area contributed by atoms with Gasteiger partial charge in [0.2, 0.25) is 5.91 Å². The summed E-state index contributed by atoms with van der Waals surface area (Å²) in [6.07, 6.45) is -0.139. The van der Waals surface area contributed by atoms with Crippen molar-refractivity contribution in [2.75, 3.05) is 26.2 Å². The smallest absolute Gasteiger partial charge is 0.303 e. The molecule has 0 saturated carbocycles. The van der Waals surface area contributed by atoms with Crippen LogP contribution in [0.3, 0.4) is 0 Å². The number of carboxylic acid groups (broad SMARTS) is 1. The predicted octanol–water partition coefficient (Wildman–Crippen LogP) is -1.40. The molecular weight excluding hydrogens is 186 g/mol. The SMILES string of the molecule is NCCN(CCN)C(=O)CCC(=O)O. The highest BCUT2D eigenvalue weighted by Crippen LogP contribution is 1.97. The lowest BCUT2D eigenvalue weighted by molar-refractivity contribution is -0.140. The van der Waals surface area contributed by atoms with Gasteiger partial charge in [-0.2, -0.15) is 0 Å². The predicted molar refractivity (Wildman–Crippen MR) is 51.6 cm³/mol. The molecular formula is C8H17N3O3. The highest BCUT2D eigenvalue weighted by Gasteiger charge is 2.12. The number of nitrogens with two attached hydrogens (primary N) is 2. The van der Waals surface area contributed by atoms with Crippen LogP contribution in [0.25, 0.3) is 0 Å². The minimum Gasteiger partial charge on any atom is -0.481 e. The minimum atomic E-state index is -0.973. The molecule has 82 valence electrons. The average Bonchev–Trinajstić information content (AvgIpc) is 2.14. The van der Waals surface area contributed by atoms with Crippen LogP contribution in [0.2, 0.25) is 0 Å². The molecule has 0 heterocycles. The van der Waals surface area contributed by atoms with Crippen LogP contribution in [-0.4, -0.2) is 48.1 Å². The molecule has 0 saturated heterocycles. The Kier molecular flexibility index (Phi) is 6.69. The van der Waals surface area contributed by atoms with E-state index in [1.807, 2.05) is 0 Å². The van der Waals surface area contributed by atoms with Crippen molar-refractivity contribution in [1.29, 1.82) is 0 Å². The largest absolute Gasteiger partial charge is 0.481 e. The summed E-state index contributed by atoms with van der Waals surface area (Å²) in [4.78, 5) is 23.1. The van der Waals surface area contributed by atoms with Crippen molar-refractivity contribution in [3.05, 3.63) is 0 Å². The first-order valence-electron chi connectivity index (χ1n) is 4.51. The average molecular weight is 203 g/mol. The normalized spacial score (nSPS) is 9.86. The number of nitrogens with zero attached hydrogens (tertiary/aromatic N) is 1. The van der Waals surface area contributed by atoms with Crippen molar-refractivity contribution in [1.82, 2.24) is 4.90 Å². The molecule has 0 bridgehead atoms. The van der Waals surface area contributed by atoms with E-state index in [1.54, 1.807) is 0 Å². The molecule has 0 fully saturated rings. The molecule has 0 aromatic carbocycles. The summed E-state index contributed by atoms with van der Waals surface area (Å²) in [6.45, 7) is 1.57. The quantitative estimate of drug-likeness (QED) is 0.471. The first kappa shape index (κ1) is 12.9. The molecule has 0 aromatic heterocycles. The lowest BCUT2D eigenvalue weighted by Crippen LogP contribution is -2.38. The van der Waals surface area contributed by atoms with Gasteiger partial charge in [0, 0.05) is 32.6 Å². The van der Waals surface area contributed by atoms with E-state index in [0.29, 0.717) is 26.2 Å². The number of aliphatic carboxylic acids is 1. The fourth-order valence-corrected chi connectivity index (χ4v) is 1.04. The van der Waals surface area contributed by atoms with Gasteiger partial charge in [0.1, 0.15) is 0 Å². The van der Waals surface area contributed by atoms with Crippen LogP contribution in [0.1, 0.15) is 12.8 Å². The first-order chi connectivity index (χ1) is 6.61. The summed E-state index contributed by atoms with van der Waals surface area (Å²) in [5.41, 5.74) is 10.6. The molecule has 6 heteroatoms. The van der Waals surface area contributed by atoms with Gasteiger partial charge in [0.05, 0.1) is 6.42 Å². The second kappa shape index (κ2) is 7.28. The lowest BCUT2D eigenvalue weighted by atomic mass is 10.2. The molecule has 0 aliphatic rings. The standard InChI is InChI=1S/C8H17N3O3/c9-3-5-11(6-4-10)7(12)1-2-8(13)14/h1-6,9-10H2,(H,13,14). The van der Waals surface area contributed by atoms with E-state index < -0.39 is 5.97 Å². The maximum absolute atomic E-state index is 11.4. The van der Waals surface area contributed by atoms with Crippen LogP contribution in [0, 0.1) is 0 Å². The Morgan fingerprint density at radius 1 is 1.07 bits per heavy atom. The maximum atomic E-state index is 11.4. The van der Waals surface area contributed by atoms with Gasteiger partial charge in [-0.1, -0.05) is 0 Å². The van der Waals surface area contributed by atoms with Crippen LogP contribution in [0.4, 0.5) is 0 Å². The zero-order valence-corrected chi connectivity index (χ0v) is 8.11. The van der Waals surface area contributed by atoms with E-state index in [1.165, 1.54) is 4.90 Å². The summed E-state index contributed by atoms with van der Waals surface area (Å²) in [5.74, 6) is -1.18. The first-order valence-corrected chi connectivity index (χ1v) is 4.51. The van der Waals surface area contributed by atoms with Crippen molar-refractivity contribution < 1.29 is 14.7 Å². The Hall–Kier alpha value is -1.14. The van der Waals surface area contributed by atoms with Crippen LogP contribution < -0.4 is 11.5 Å². The van der Waals surface area contributed by atoms with Crippen LogP contribution >= 0.6 is 0 Å². The molecule has 0 unspecified atom stereocenters. The number of hydrogen-bond acceptors (Lipinski definition) is 4. The van der Waals surface area contributed by atoms with Crippen molar-refractivity contribution in [3.8, 4) is 0 Å². The third-order valence-corrected chi connectivity index (χ3v) is 1.70. The van der Waals surface area contributed by atoms with Crippen molar-refractivity contribution in [2.24, 2.45) is 11.5 Å². The van der Waals surface area contributed by atoms with E-state index in [0.717, 1.165) is 0 Å². The molecule has 0 aliphatic carbocycles. The van der Waals surface area contributed by atoms with E-state index in [9.17, 15) is 9.59 Å². The van der Waals surface area contributed by atoms with Crippen molar-refractivity contribution in [2.45, 2.75) is 12.8 Å². The highest BCUT2D eigenvalue weighted by atomic mass is 16.4. The van der Waals surface area contributed by atoms with Crippen LogP contribution in [0.5, 0.6) is 0 Å². The lowest BCUT2D eigenvalue weighted by Gasteiger charge is -2.20. The zero-order valence-electron chi connectivity index (χ0n) is 8.11. The molecule has 0 radical (unpaired) electrons. The minimum absolute atomic E-state index is 0.00926. The maximum Gasteiger partial charge on any atom is 0.303 e. The van der Waals surface area contributed by atoms with Crippen molar-refractivity contribution >= 4 is 11.9 Å². The van der Waals surface area contributed by atoms with E-state index in [4.69, 9.17) is 16.6 Å². The second-order valence-electron chi connectivity index (χ2n) is 2.85. The van der Waals surface area contributed by atoms with Gasteiger partial charge in [-0.05, 0) is 0 Å². The molecule has 0 aliphatic heterocycles. The van der Waals surface area contributed by atoms with Gasteiger partial charge in [-0.3, -0.25) is 9.59 Å². The third kappa shape index (κ3) is 5.50. The Bertz CT molecular complexity index is 190. The monoisotopic (exact) mass is 203 g/mol. The van der Waals surface area contributed by atoms with E-state index >= 15 is 0 Å². The van der Waals surface area contributed by atoms with Crippen LogP contribution in [-0.2, 0) is 9.59 Å². The van der Waals surface area contributed by atoms with E-state index in [2.05, 4.69) is 0 Å². The number of carboxylic acids is 1. The highest BCUT2D eigenvalue weighted by molar-refractivity contribution is 5.80.